The predicted molar refractivity (Wildman–Crippen MR) is 86.9 cm³/mol. The summed E-state index contributed by atoms with van der Waals surface area (Å²) in [6.45, 7) is 2.52. The van der Waals surface area contributed by atoms with E-state index in [1.165, 1.54) is 25.7 Å². The second-order valence-corrected chi connectivity index (χ2v) is 6.38. The summed E-state index contributed by atoms with van der Waals surface area (Å²) in [4.78, 5) is 7.10. The van der Waals surface area contributed by atoms with Crippen LogP contribution in [0.5, 0.6) is 0 Å². The van der Waals surface area contributed by atoms with Crippen molar-refractivity contribution in [3.05, 3.63) is 24.2 Å². The van der Waals surface area contributed by atoms with Crippen molar-refractivity contribution in [1.82, 2.24) is 10.2 Å². The SMILES string of the molecule is OC1CCN(C(=NCCc2ccco2)NC2CCCC2)CC1. The third kappa shape index (κ3) is 4.26. The molecule has 1 aliphatic heterocycles. The van der Waals surface area contributed by atoms with Gasteiger partial charge in [0.15, 0.2) is 5.96 Å². The summed E-state index contributed by atoms with van der Waals surface area (Å²) in [5, 5.41) is 13.3. The normalized spacial score (nSPS) is 21.5. The van der Waals surface area contributed by atoms with E-state index in [9.17, 15) is 5.11 Å². The molecule has 1 aliphatic carbocycles. The maximum atomic E-state index is 9.69. The Balaban J connectivity index is 1.59. The fraction of sp³-hybridized carbons (Fsp3) is 0.706. The Labute approximate surface area is 132 Å². The Kier molecular flexibility index (Phi) is 5.38. The van der Waals surface area contributed by atoms with Crippen LogP contribution in [0.15, 0.2) is 27.8 Å². The van der Waals surface area contributed by atoms with E-state index in [0.717, 1.165) is 50.6 Å². The number of piperidine rings is 1. The van der Waals surface area contributed by atoms with Gasteiger partial charge >= 0.3 is 0 Å². The molecule has 3 rings (SSSR count). The van der Waals surface area contributed by atoms with Gasteiger partial charge in [-0.2, -0.15) is 0 Å². The zero-order valence-electron chi connectivity index (χ0n) is 13.2. The van der Waals surface area contributed by atoms with Gasteiger partial charge in [-0.3, -0.25) is 4.99 Å². The average Bonchev–Trinajstić information content (AvgIpc) is 3.20. The second-order valence-electron chi connectivity index (χ2n) is 6.38. The lowest BCUT2D eigenvalue weighted by Gasteiger charge is -2.33. The van der Waals surface area contributed by atoms with E-state index in [0.29, 0.717) is 6.04 Å². The van der Waals surface area contributed by atoms with Crippen molar-refractivity contribution < 1.29 is 9.52 Å². The van der Waals surface area contributed by atoms with Crippen LogP contribution in [0.2, 0.25) is 0 Å². The lowest BCUT2D eigenvalue weighted by molar-refractivity contribution is 0.107. The number of hydrogen-bond acceptors (Lipinski definition) is 3. The van der Waals surface area contributed by atoms with Gasteiger partial charge < -0.3 is 19.7 Å². The fourth-order valence-corrected chi connectivity index (χ4v) is 3.29. The molecule has 122 valence electrons. The summed E-state index contributed by atoms with van der Waals surface area (Å²) in [6.07, 6.45) is 9.19. The summed E-state index contributed by atoms with van der Waals surface area (Å²) < 4.78 is 5.37. The van der Waals surface area contributed by atoms with Crippen LogP contribution in [0.25, 0.3) is 0 Å². The number of aliphatic hydroxyl groups is 1. The van der Waals surface area contributed by atoms with Gasteiger partial charge in [0.2, 0.25) is 0 Å². The lowest BCUT2D eigenvalue weighted by atomic mass is 10.1. The number of aliphatic hydroxyl groups excluding tert-OH is 1. The Hall–Kier alpha value is -1.49. The van der Waals surface area contributed by atoms with E-state index >= 15 is 0 Å². The first kappa shape index (κ1) is 15.4. The molecule has 2 heterocycles. The molecular weight excluding hydrogens is 278 g/mol. The topological polar surface area (TPSA) is 61.0 Å². The van der Waals surface area contributed by atoms with Crippen molar-refractivity contribution in [2.24, 2.45) is 4.99 Å². The number of furan rings is 1. The average molecular weight is 305 g/mol. The summed E-state index contributed by atoms with van der Waals surface area (Å²) >= 11 is 0. The Morgan fingerprint density at radius 2 is 2.05 bits per heavy atom. The van der Waals surface area contributed by atoms with Gasteiger partial charge in [-0.05, 0) is 37.8 Å². The van der Waals surface area contributed by atoms with Crippen LogP contribution in [0, 0.1) is 0 Å². The van der Waals surface area contributed by atoms with Gasteiger partial charge in [-0.15, -0.1) is 0 Å². The standard InChI is InChI=1S/C17H27N3O2/c21-15-8-11-20(12-9-15)17(19-14-4-1-2-5-14)18-10-7-16-6-3-13-22-16/h3,6,13-15,21H,1-2,4-5,7-12H2,(H,18,19). The molecule has 0 unspecified atom stereocenters. The predicted octanol–water partition coefficient (Wildman–Crippen LogP) is 2.17. The molecule has 2 fully saturated rings. The highest BCUT2D eigenvalue weighted by atomic mass is 16.3. The molecule has 5 nitrogen and oxygen atoms in total. The molecule has 2 N–H and O–H groups in total. The Morgan fingerprint density at radius 3 is 2.73 bits per heavy atom. The van der Waals surface area contributed by atoms with Crippen LogP contribution in [0.4, 0.5) is 0 Å². The fourth-order valence-electron chi connectivity index (χ4n) is 3.29. The molecule has 0 radical (unpaired) electrons. The van der Waals surface area contributed by atoms with Crippen LogP contribution >= 0.6 is 0 Å². The number of guanidine groups is 1. The van der Waals surface area contributed by atoms with Crippen LogP contribution in [-0.2, 0) is 6.42 Å². The van der Waals surface area contributed by atoms with Crippen LogP contribution in [0.1, 0.15) is 44.3 Å². The molecule has 1 saturated heterocycles. The number of nitrogens with one attached hydrogen (secondary N) is 1. The molecule has 1 aromatic rings. The van der Waals surface area contributed by atoms with Gasteiger partial charge in [-0.25, -0.2) is 0 Å². The molecular formula is C17H27N3O2. The largest absolute Gasteiger partial charge is 0.469 e. The van der Waals surface area contributed by atoms with E-state index in [2.05, 4.69) is 10.2 Å². The summed E-state index contributed by atoms with van der Waals surface area (Å²) in [7, 11) is 0. The molecule has 2 aliphatic rings. The minimum absolute atomic E-state index is 0.146. The lowest BCUT2D eigenvalue weighted by Crippen LogP contribution is -2.49. The summed E-state index contributed by atoms with van der Waals surface area (Å²) in [5.74, 6) is 2.00. The Bertz CT molecular complexity index is 458. The highest BCUT2D eigenvalue weighted by Crippen LogP contribution is 2.19. The first-order valence-corrected chi connectivity index (χ1v) is 8.57. The zero-order valence-corrected chi connectivity index (χ0v) is 13.2. The number of hydrogen-bond donors (Lipinski definition) is 2. The molecule has 0 bridgehead atoms. The van der Waals surface area contributed by atoms with E-state index in [1.54, 1.807) is 6.26 Å². The quantitative estimate of drug-likeness (QED) is 0.661. The van der Waals surface area contributed by atoms with E-state index in [1.807, 2.05) is 12.1 Å². The van der Waals surface area contributed by atoms with Crippen LogP contribution < -0.4 is 5.32 Å². The molecule has 1 aromatic heterocycles. The third-order valence-electron chi connectivity index (χ3n) is 4.65. The molecule has 1 saturated carbocycles. The van der Waals surface area contributed by atoms with Crippen molar-refractivity contribution in [3.8, 4) is 0 Å². The van der Waals surface area contributed by atoms with Crippen molar-refractivity contribution in [1.29, 1.82) is 0 Å². The molecule has 0 amide bonds. The summed E-state index contributed by atoms with van der Waals surface area (Å²) in [6, 6.07) is 4.48. The van der Waals surface area contributed by atoms with Crippen LogP contribution in [0.3, 0.4) is 0 Å². The minimum Gasteiger partial charge on any atom is -0.469 e. The molecule has 22 heavy (non-hydrogen) atoms. The smallest absolute Gasteiger partial charge is 0.194 e. The van der Waals surface area contributed by atoms with E-state index in [4.69, 9.17) is 9.41 Å². The number of likely N-dealkylation sites (tertiary alicyclic amines) is 1. The Morgan fingerprint density at radius 1 is 1.27 bits per heavy atom. The highest BCUT2D eigenvalue weighted by molar-refractivity contribution is 5.80. The van der Waals surface area contributed by atoms with Crippen molar-refractivity contribution in [2.75, 3.05) is 19.6 Å². The third-order valence-corrected chi connectivity index (χ3v) is 4.65. The van der Waals surface area contributed by atoms with Gasteiger partial charge in [-0.1, -0.05) is 12.8 Å². The first-order chi connectivity index (χ1) is 10.8. The molecule has 5 heteroatoms. The maximum absolute atomic E-state index is 9.69. The highest BCUT2D eigenvalue weighted by Gasteiger charge is 2.23. The van der Waals surface area contributed by atoms with Gasteiger partial charge in [0.1, 0.15) is 5.76 Å². The van der Waals surface area contributed by atoms with Gasteiger partial charge in [0.05, 0.1) is 12.4 Å². The van der Waals surface area contributed by atoms with Crippen molar-refractivity contribution in [2.45, 2.75) is 57.1 Å². The number of aliphatic imine (C=N–C) groups is 1. The maximum Gasteiger partial charge on any atom is 0.194 e. The minimum atomic E-state index is -0.146. The van der Waals surface area contributed by atoms with Gasteiger partial charge in [0.25, 0.3) is 0 Å². The van der Waals surface area contributed by atoms with E-state index < -0.39 is 0 Å². The summed E-state index contributed by atoms with van der Waals surface area (Å²) in [5.41, 5.74) is 0. The van der Waals surface area contributed by atoms with Crippen molar-refractivity contribution >= 4 is 5.96 Å². The zero-order chi connectivity index (χ0) is 15.2. The number of nitrogens with zero attached hydrogens (tertiary/aromatic N) is 2. The second kappa shape index (κ2) is 7.68. The number of rotatable bonds is 4. The monoisotopic (exact) mass is 305 g/mol. The van der Waals surface area contributed by atoms with Gasteiger partial charge in [0, 0.05) is 32.1 Å². The van der Waals surface area contributed by atoms with Crippen molar-refractivity contribution in [3.63, 3.8) is 0 Å². The van der Waals surface area contributed by atoms with E-state index in [-0.39, 0.29) is 6.10 Å². The molecule has 0 spiro atoms. The van der Waals surface area contributed by atoms with Crippen LogP contribution in [-0.4, -0.2) is 47.7 Å². The molecule has 0 atom stereocenters. The molecule has 0 aromatic carbocycles. The first-order valence-electron chi connectivity index (χ1n) is 8.57.